The van der Waals surface area contributed by atoms with Crippen molar-refractivity contribution in [2.75, 3.05) is 5.32 Å². The van der Waals surface area contributed by atoms with E-state index in [1.807, 2.05) is 35.7 Å². The quantitative estimate of drug-likeness (QED) is 0.258. The predicted molar refractivity (Wildman–Crippen MR) is 135 cm³/mol. The van der Waals surface area contributed by atoms with Gasteiger partial charge in [0.1, 0.15) is 0 Å². The van der Waals surface area contributed by atoms with Crippen molar-refractivity contribution in [1.82, 2.24) is 14.8 Å². The van der Waals surface area contributed by atoms with Crippen LogP contribution < -0.4 is 5.32 Å². The highest BCUT2D eigenvalue weighted by Gasteiger charge is 2.35. The fourth-order valence-corrected chi connectivity index (χ4v) is 4.50. The normalized spacial score (nSPS) is 11.4. The number of hydrogen-bond donors (Lipinski definition) is 1. The lowest BCUT2D eigenvalue weighted by Crippen LogP contribution is -2.11. The lowest BCUT2D eigenvalue weighted by atomic mass is 10.1. The molecule has 0 radical (unpaired) electrons. The molecule has 5 nitrogen and oxygen atoms in total. The minimum absolute atomic E-state index is 0.190. The molecule has 1 N–H and O–H groups in total. The minimum Gasteiger partial charge on any atom is -0.298 e. The van der Waals surface area contributed by atoms with Crippen LogP contribution >= 0.6 is 22.9 Å². The number of nitrogens with zero attached hydrogens (tertiary/aromatic N) is 3. The number of hydrogen-bond acceptors (Lipinski definition) is 4. The number of anilines is 1. The zero-order chi connectivity index (χ0) is 25.3. The van der Waals surface area contributed by atoms with Crippen LogP contribution in [-0.2, 0) is 6.18 Å². The summed E-state index contributed by atoms with van der Waals surface area (Å²) in [5.41, 5.74) is 1.91. The molecule has 0 spiro atoms. The van der Waals surface area contributed by atoms with Crippen LogP contribution in [0.4, 0.5) is 18.3 Å². The van der Waals surface area contributed by atoms with E-state index in [0.29, 0.717) is 21.9 Å². The van der Waals surface area contributed by atoms with Gasteiger partial charge in [0.05, 0.1) is 22.1 Å². The van der Waals surface area contributed by atoms with Gasteiger partial charge in [0.15, 0.2) is 10.8 Å². The van der Waals surface area contributed by atoms with Crippen LogP contribution in [0.2, 0.25) is 5.02 Å². The molecule has 0 aliphatic heterocycles. The Morgan fingerprint density at radius 1 is 0.917 bits per heavy atom. The van der Waals surface area contributed by atoms with Gasteiger partial charge in [-0.15, -0.1) is 11.3 Å². The molecule has 0 saturated carbocycles. The average Bonchev–Trinajstić information content (AvgIpc) is 3.53. The van der Waals surface area contributed by atoms with Crippen LogP contribution in [0.1, 0.15) is 16.1 Å². The van der Waals surface area contributed by atoms with E-state index in [2.05, 4.69) is 15.4 Å². The van der Waals surface area contributed by atoms with E-state index in [1.54, 1.807) is 36.4 Å². The summed E-state index contributed by atoms with van der Waals surface area (Å²) in [6.45, 7) is 0. The first-order valence-corrected chi connectivity index (χ1v) is 11.9. The Balaban J connectivity index is 1.41. The Bertz CT molecular complexity index is 1530. The largest absolute Gasteiger partial charge is 0.435 e. The number of amides is 1. The van der Waals surface area contributed by atoms with Gasteiger partial charge in [0.25, 0.3) is 5.91 Å². The summed E-state index contributed by atoms with van der Waals surface area (Å²) in [5.74, 6) is -0.383. The Labute approximate surface area is 212 Å². The van der Waals surface area contributed by atoms with E-state index in [1.165, 1.54) is 23.5 Å². The Morgan fingerprint density at radius 2 is 1.61 bits per heavy atom. The van der Waals surface area contributed by atoms with E-state index in [0.717, 1.165) is 22.0 Å². The first-order valence-electron chi connectivity index (χ1n) is 10.6. The maximum absolute atomic E-state index is 13.4. The van der Waals surface area contributed by atoms with E-state index < -0.39 is 11.9 Å². The second kappa shape index (κ2) is 9.60. The van der Waals surface area contributed by atoms with Gasteiger partial charge in [-0.2, -0.15) is 18.3 Å². The van der Waals surface area contributed by atoms with Crippen molar-refractivity contribution in [3.8, 4) is 28.2 Å². The molecule has 10 heteroatoms. The van der Waals surface area contributed by atoms with Crippen LogP contribution in [0.25, 0.3) is 28.2 Å². The molecule has 0 unspecified atom stereocenters. The Kier molecular flexibility index (Phi) is 6.34. The molecule has 36 heavy (non-hydrogen) atoms. The van der Waals surface area contributed by atoms with Crippen molar-refractivity contribution in [3.05, 3.63) is 107 Å². The lowest BCUT2D eigenvalue weighted by Gasteiger charge is -2.10. The van der Waals surface area contributed by atoms with Crippen LogP contribution in [-0.4, -0.2) is 20.7 Å². The maximum atomic E-state index is 13.4. The van der Waals surface area contributed by atoms with Gasteiger partial charge in [0, 0.05) is 22.1 Å². The average molecular weight is 525 g/mol. The lowest BCUT2D eigenvalue weighted by molar-refractivity contribution is -0.141. The molecule has 2 aromatic heterocycles. The van der Waals surface area contributed by atoms with E-state index in [-0.39, 0.29) is 16.6 Å². The molecular weight excluding hydrogens is 509 g/mol. The standard InChI is InChI=1S/C26H16ClF3N4OS/c27-19-8-4-5-9-21(19)34-22(14-23(33-34)26(28,29)30)17-10-12-18(13-11-17)24(35)32-25-31-20(15-36-25)16-6-2-1-3-7-16/h1-15H,(H,31,32,35). The highest BCUT2D eigenvalue weighted by atomic mass is 35.5. The number of benzene rings is 3. The third-order valence-corrected chi connectivity index (χ3v) is 6.39. The molecule has 5 aromatic rings. The van der Waals surface area contributed by atoms with Gasteiger partial charge >= 0.3 is 6.18 Å². The summed E-state index contributed by atoms with van der Waals surface area (Å²) in [6, 6.07) is 23.2. The molecular formula is C26H16ClF3N4OS. The van der Waals surface area contributed by atoms with E-state index in [9.17, 15) is 18.0 Å². The summed E-state index contributed by atoms with van der Waals surface area (Å²) in [5, 5.41) is 9.05. The summed E-state index contributed by atoms with van der Waals surface area (Å²) in [7, 11) is 0. The monoisotopic (exact) mass is 524 g/mol. The number of carbonyl (C=O) groups is 1. The molecule has 0 saturated heterocycles. The number of halogens is 4. The molecule has 5 rings (SSSR count). The molecule has 0 bridgehead atoms. The third kappa shape index (κ3) is 4.89. The zero-order valence-electron chi connectivity index (χ0n) is 18.3. The molecule has 180 valence electrons. The first kappa shape index (κ1) is 23.8. The number of thiazole rings is 1. The highest BCUT2D eigenvalue weighted by Crippen LogP contribution is 2.34. The van der Waals surface area contributed by atoms with Gasteiger partial charge in [-0.05, 0) is 30.3 Å². The fraction of sp³-hybridized carbons (Fsp3) is 0.0385. The van der Waals surface area contributed by atoms with Crippen LogP contribution in [0.3, 0.4) is 0 Å². The van der Waals surface area contributed by atoms with Crippen molar-refractivity contribution >= 4 is 34.0 Å². The van der Waals surface area contributed by atoms with Crippen molar-refractivity contribution in [2.45, 2.75) is 6.18 Å². The molecule has 0 fully saturated rings. The van der Waals surface area contributed by atoms with Crippen LogP contribution in [0, 0.1) is 0 Å². The summed E-state index contributed by atoms with van der Waals surface area (Å²) in [6.07, 6.45) is -4.63. The minimum atomic E-state index is -4.63. The number of para-hydroxylation sites is 1. The summed E-state index contributed by atoms with van der Waals surface area (Å²) < 4.78 is 41.5. The number of alkyl halides is 3. The third-order valence-electron chi connectivity index (χ3n) is 5.32. The summed E-state index contributed by atoms with van der Waals surface area (Å²) >= 11 is 7.53. The Hall–Kier alpha value is -3.95. The van der Waals surface area contributed by atoms with Gasteiger partial charge in [-0.25, -0.2) is 9.67 Å². The van der Waals surface area contributed by atoms with Crippen molar-refractivity contribution in [2.24, 2.45) is 0 Å². The molecule has 3 aromatic carbocycles. The second-order valence-corrected chi connectivity index (χ2v) is 8.98. The second-order valence-electron chi connectivity index (χ2n) is 7.71. The van der Waals surface area contributed by atoms with Crippen LogP contribution in [0.15, 0.2) is 90.3 Å². The number of rotatable bonds is 5. The highest BCUT2D eigenvalue weighted by molar-refractivity contribution is 7.14. The number of aromatic nitrogens is 3. The van der Waals surface area contributed by atoms with Crippen molar-refractivity contribution < 1.29 is 18.0 Å². The van der Waals surface area contributed by atoms with Gasteiger partial charge in [0.2, 0.25) is 0 Å². The molecule has 0 aliphatic carbocycles. The maximum Gasteiger partial charge on any atom is 0.435 e. The van der Waals surface area contributed by atoms with Crippen LogP contribution in [0.5, 0.6) is 0 Å². The van der Waals surface area contributed by atoms with Gasteiger partial charge in [-0.3, -0.25) is 10.1 Å². The Morgan fingerprint density at radius 3 is 2.31 bits per heavy atom. The number of nitrogens with one attached hydrogen (secondary N) is 1. The van der Waals surface area contributed by atoms with E-state index >= 15 is 0 Å². The molecule has 0 atom stereocenters. The molecule has 2 heterocycles. The van der Waals surface area contributed by atoms with Crippen molar-refractivity contribution in [3.63, 3.8) is 0 Å². The predicted octanol–water partition coefficient (Wildman–Crippen LogP) is 7.59. The van der Waals surface area contributed by atoms with E-state index in [4.69, 9.17) is 11.6 Å². The smallest absolute Gasteiger partial charge is 0.298 e. The van der Waals surface area contributed by atoms with Crippen molar-refractivity contribution in [1.29, 1.82) is 0 Å². The number of carbonyl (C=O) groups excluding carboxylic acids is 1. The van der Waals surface area contributed by atoms with Gasteiger partial charge in [-0.1, -0.05) is 66.2 Å². The fourth-order valence-electron chi connectivity index (χ4n) is 3.57. The topological polar surface area (TPSA) is 59.8 Å². The zero-order valence-corrected chi connectivity index (χ0v) is 19.9. The summed E-state index contributed by atoms with van der Waals surface area (Å²) in [4.78, 5) is 17.2. The molecule has 1 amide bonds. The molecule has 0 aliphatic rings. The SMILES string of the molecule is O=C(Nc1nc(-c2ccccc2)cs1)c1ccc(-c2cc(C(F)(F)F)nn2-c2ccccc2Cl)cc1. The first-order chi connectivity index (χ1) is 17.3. The van der Waals surface area contributed by atoms with Gasteiger partial charge < -0.3 is 0 Å².